The van der Waals surface area contributed by atoms with E-state index < -0.39 is 0 Å². The van der Waals surface area contributed by atoms with Gasteiger partial charge in [0.15, 0.2) is 0 Å². The third kappa shape index (κ3) is 3.71. The van der Waals surface area contributed by atoms with Gasteiger partial charge in [-0.05, 0) is 25.7 Å². The Hall–Kier alpha value is -0.570. The molecule has 0 aromatic rings. The Kier molecular flexibility index (Phi) is 5.68. The second kappa shape index (κ2) is 7.28. The summed E-state index contributed by atoms with van der Waals surface area (Å²) in [6.07, 6.45) is 12.7. The van der Waals surface area contributed by atoms with Gasteiger partial charge in [-0.25, -0.2) is 0 Å². The molecule has 3 heteroatoms. The van der Waals surface area contributed by atoms with Crippen molar-refractivity contribution in [3.05, 3.63) is 0 Å². The van der Waals surface area contributed by atoms with E-state index in [0.29, 0.717) is 24.5 Å². The van der Waals surface area contributed by atoms with Crippen LogP contribution in [0.1, 0.15) is 71.1 Å². The Balaban J connectivity index is 2.08. The predicted molar refractivity (Wildman–Crippen MR) is 78.8 cm³/mol. The smallest absolute Gasteiger partial charge is 0.227 e. The van der Waals surface area contributed by atoms with E-state index in [1.165, 1.54) is 64.2 Å². The van der Waals surface area contributed by atoms with Crippen LogP contribution in [0.2, 0.25) is 0 Å². The van der Waals surface area contributed by atoms with Crippen LogP contribution in [0.5, 0.6) is 0 Å². The lowest BCUT2D eigenvalue weighted by Gasteiger charge is -2.43. The molecule has 2 saturated carbocycles. The number of amides is 1. The lowest BCUT2D eigenvalue weighted by Crippen LogP contribution is -2.51. The molecular formula is C16H30N2O. The van der Waals surface area contributed by atoms with E-state index in [-0.39, 0.29) is 5.92 Å². The van der Waals surface area contributed by atoms with Gasteiger partial charge in [0, 0.05) is 24.5 Å². The summed E-state index contributed by atoms with van der Waals surface area (Å²) < 4.78 is 0. The van der Waals surface area contributed by atoms with Gasteiger partial charge in [-0.1, -0.05) is 45.4 Å². The summed E-state index contributed by atoms with van der Waals surface area (Å²) in [6.45, 7) is 2.47. The molecule has 1 unspecified atom stereocenters. The topological polar surface area (TPSA) is 46.3 Å². The van der Waals surface area contributed by atoms with Gasteiger partial charge in [0.25, 0.3) is 0 Å². The van der Waals surface area contributed by atoms with Crippen molar-refractivity contribution in [2.45, 2.75) is 83.2 Å². The molecule has 0 bridgehead atoms. The van der Waals surface area contributed by atoms with Crippen LogP contribution in [0.25, 0.3) is 0 Å². The van der Waals surface area contributed by atoms with Crippen molar-refractivity contribution >= 4 is 5.91 Å². The van der Waals surface area contributed by atoms with Crippen LogP contribution in [-0.2, 0) is 4.79 Å². The quantitative estimate of drug-likeness (QED) is 0.850. The Labute approximate surface area is 117 Å². The highest BCUT2D eigenvalue weighted by molar-refractivity contribution is 5.79. The lowest BCUT2D eigenvalue weighted by atomic mass is 9.87. The zero-order valence-corrected chi connectivity index (χ0v) is 12.4. The first kappa shape index (κ1) is 14.8. The van der Waals surface area contributed by atoms with Crippen LogP contribution < -0.4 is 5.73 Å². The van der Waals surface area contributed by atoms with E-state index in [4.69, 9.17) is 5.73 Å². The molecule has 2 aliphatic rings. The number of carbonyl (C=O) groups is 1. The maximum absolute atomic E-state index is 12.7. The van der Waals surface area contributed by atoms with Gasteiger partial charge in [-0.3, -0.25) is 4.79 Å². The monoisotopic (exact) mass is 266 g/mol. The molecule has 0 aromatic heterocycles. The maximum Gasteiger partial charge on any atom is 0.227 e. The van der Waals surface area contributed by atoms with Crippen molar-refractivity contribution in [3.63, 3.8) is 0 Å². The minimum atomic E-state index is -0.0103. The van der Waals surface area contributed by atoms with Crippen LogP contribution in [0.3, 0.4) is 0 Å². The Bertz CT molecular complexity index is 262. The molecule has 2 rings (SSSR count). The molecule has 3 nitrogen and oxygen atoms in total. The van der Waals surface area contributed by atoms with Crippen molar-refractivity contribution < 1.29 is 4.79 Å². The van der Waals surface area contributed by atoms with E-state index in [2.05, 4.69) is 4.90 Å². The van der Waals surface area contributed by atoms with E-state index in [1.807, 2.05) is 6.92 Å². The average molecular weight is 266 g/mol. The highest BCUT2D eigenvalue weighted by atomic mass is 16.2. The molecule has 0 heterocycles. The summed E-state index contributed by atoms with van der Waals surface area (Å²) in [5.41, 5.74) is 5.72. The van der Waals surface area contributed by atoms with Crippen LogP contribution >= 0.6 is 0 Å². The van der Waals surface area contributed by atoms with Crippen molar-refractivity contribution in [1.29, 1.82) is 0 Å². The molecule has 2 fully saturated rings. The molecule has 0 spiro atoms. The number of hydrogen-bond acceptors (Lipinski definition) is 2. The van der Waals surface area contributed by atoms with Gasteiger partial charge in [0.05, 0.1) is 0 Å². The van der Waals surface area contributed by atoms with Crippen LogP contribution in [0.4, 0.5) is 0 Å². The van der Waals surface area contributed by atoms with Crippen LogP contribution in [-0.4, -0.2) is 29.4 Å². The Morgan fingerprint density at radius 3 is 1.79 bits per heavy atom. The van der Waals surface area contributed by atoms with Crippen LogP contribution in [0, 0.1) is 5.92 Å². The fourth-order valence-corrected chi connectivity index (χ4v) is 3.73. The zero-order chi connectivity index (χ0) is 13.7. The number of nitrogens with zero attached hydrogens (tertiary/aromatic N) is 1. The van der Waals surface area contributed by atoms with Gasteiger partial charge in [-0.15, -0.1) is 0 Å². The second-order valence-electron chi connectivity index (χ2n) is 6.47. The first-order valence-corrected chi connectivity index (χ1v) is 8.26. The summed E-state index contributed by atoms with van der Waals surface area (Å²) in [6, 6.07) is 0.997. The fourth-order valence-electron chi connectivity index (χ4n) is 3.73. The molecule has 0 radical (unpaired) electrons. The van der Waals surface area contributed by atoms with Crippen molar-refractivity contribution in [2.75, 3.05) is 6.54 Å². The predicted octanol–water partition coefficient (Wildman–Crippen LogP) is 3.08. The largest absolute Gasteiger partial charge is 0.336 e. The molecule has 110 valence electrons. The molecule has 1 atom stereocenters. The van der Waals surface area contributed by atoms with Crippen LogP contribution in [0.15, 0.2) is 0 Å². The van der Waals surface area contributed by atoms with E-state index in [9.17, 15) is 4.79 Å². The molecule has 0 saturated heterocycles. The molecule has 0 aliphatic heterocycles. The third-order valence-corrected chi connectivity index (χ3v) is 4.97. The van der Waals surface area contributed by atoms with Gasteiger partial charge in [-0.2, -0.15) is 0 Å². The molecule has 2 N–H and O–H groups in total. The first-order valence-electron chi connectivity index (χ1n) is 8.26. The maximum atomic E-state index is 12.7. The molecule has 1 amide bonds. The molecule has 19 heavy (non-hydrogen) atoms. The SMILES string of the molecule is CC(CN)C(=O)N(C1CCCCC1)C1CCCCC1. The van der Waals surface area contributed by atoms with E-state index in [0.717, 1.165) is 0 Å². The summed E-state index contributed by atoms with van der Waals surface area (Å²) in [7, 11) is 0. The summed E-state index contributed by atoms with van der Waals surface area (Å²) in [4.78, 5) is 15.0. The van der Waals surface area contributed by atoms with Crippen molar-refractivity contribution in [1.82, 2.24) is 4.90 Å². The highest BCUT2D eigenvalue weighted by Gasteiger charge is 2.33. The van der Waals surface area contributed by atoms with Gasteiger partial charge >= 0.3 is 0 Å². The first-order chi connectivity index (χ1) is 9.24. The number of hydrogen-bond donors (Lipinski definition) is 1. The number of rotatable bonds is 4. The van der Waals surface area contributed by atoms with Crippen molar-refractivity contribution in [2.24, 2.45) is 11.7 Å². The van der Waals surface area contributed by atoms with E-state index in [1.54, 1.807) is 0 Å². The van der Waals surface area contributed by atoms with Crippen molar-refractivity contribution in [3.8, 4) is 0 Å². The standard InChI is InChI=1S/C16H30N2O/c1-13(12-17)16(19)18(14-8-4-2-5-9-14)15-10-6-3-7-11-15/h13-15H,2-12,17H2,1H3. The zero-order valence-electron chi connectivity index (χ0n) is 12.4. The Morgan fingerprint density at radius 2 is 1.42 bits per heavy atom. The Morgan fingerprint density at radius 1 is 1.00 bits per heavy atom. The van der Waals surface area contributed by atoms with E-state index >= 15 is 0 Å². The number of nitrogens with two attached hydrogens (primary N) is 1. The second-order valence-corrected chi connectivity index (χ2v) is 6.47. The molecular weight excluding hydrogens is 236 g/mol. The molecule has 0 aromatic carbocycles. The lowest BCUT2D eigenvalue weighted by molar-refractivity contribution is -0.141. The third-order valence-electron chi connectivity index (χ3n) is 4.97. The summed E-state index contributed by atoms with van der Waals surface area (Å²) in [5, 5.41) is 0. The fraction of sp³-hybridized carbons (Fsp3) is 0.938. The van der Waals surface area contributed by atoms with Gasteiger partial charge in [0.2, 0.25) is 5.91 Å². The minimum absolute atomic E-state index is 0.0103. The van der Waals surface area contributed by atoms with Gasteiger partial charge in [0.1, 0.15) is 0 Å². The normalized spacial score (nSPS) is 24.1. The molecule has 2 aliphatic carbocycles. The summed E-state index contributed by atoms with van der Waals surface area (Å²) in [5.74, 6) is 0.310. The average Bonchev–Trinajstić information content (AvgIpc) is 2.49. The minimum Gasteiger partial charge on any atom is -0.336 e. The number of carbonyl (C=O) groups excluding carboxylic acids is 1. The van der Waals surface area contributed by atoms with Gasteiger partial charge < -0.3 is 10.6 Å². The summed E-state index contributed by atoms with van der Waals surface area (Å²) >= 11 is 0. The highest BCUT2D eigenvalue weighted by Crippen LogP contribution is 2.31.